The van der Waals surface area contributed by atoms with Crippen LogP contribution in [0.1, 0.15) is 0 Å². The van der Waals surface area contributed by atoms with Crippen molar-refractivity contribution >= 4 is 39.1 Å². The number of methoxy groups -OCH3 is 1. The molecule has 1 atom stereocenters. The van der Waals surface area contributed by atoms with E-state index in [1.165, 1.54) is 7.11 Å². The van der Waals surface area contributed by atoms with Gasteiger partial charge in [0.05, 0.1) is 0 Å². The van der Waals surface area contributed by atoms with Crippen LogP contribution >= 0.6 is 0 Å². The van der Waals surface area contributed by atoms with Gasteiger partial charge in [-0.25, -0.2) is 0 Å². The molecule has 3 nitrogen and oxygen atoms in total. The van der Waals surface area contributed by atoms with E-state index < -0.39 is 0 Å². The van der Waals surface area contributed by atoms with Gasteiger partial charge in [0, 0.05) is 0 Å². The van der Waals surface area contributed by atoms with Crippen LogP contribution in [0.2, 0.25) is 5.32 Å². The van der Waals surface area contributed by atoms with E-state index in [4.69, 9.17) is 0 Å². The summed E-state index contributed by atoms with van der Waals surface area (Å²) in [6.07, 6.45) is 0. The van der Waals surface area contributed by atoms with Gasteiger partial charge < -0.3 is 0 Å². The predicted molar refractivity (Wildman–Crippen MR) is 45.4 cm³/mol. The maximum absolute atomic E-state index is 10.7. The van der Waals surface area contributed by atoms with E-state index >= 15 is 0 Å². The van der Waals surface area contributed by atoms with Crippen molar-refractivity contribution in [3.05, 3.63) is 0 Å². The fourth-order valence-corrected chi connectivity index (χ4v) is 1.12. The van der Waals surface area contributed by atoms with Gasteiger partial charge in [-0.15, -0.1) is 0 Å². The Kier molecular flexibility index (Phi) is 9.91. The average Bonchev–Trinajstić information content (AvgIpc) is 1.90. The van der Waals surface area contributed by atoms with Crippen LogP contribution in [0.15, 0.2) is 0 Å². The second-order valence-electron chi connectivity index (χ2n) is 1.55. The molecule has 0 aliphatic carbocycles. The number of carbonyl (C=O) groups is 1. The summed E-state index contributed by atoms with van der Waals surface area (Å²) in [6, 6.07) is -0.171. The van der Waals surface area contributed by atoms with Gasteiger partial charge in [-0.05, 0) is 0 Å². The van der Waals surface area contributed by atoms with Gasteiger partial charge >= 0.3 is 79.4 Å². The van der Waals surface area contributed by atoms with Crippen LogP contribution in [-0.4, -0.2) is 59.3 Å². The summed E-state index contributed by atoms with van der Waals surface area (Å²) >= 11 is 2.34. The predicted octanol–water partition coefficient (Wildman–Crippen LogP) is -1.85. The first kappa shape index (κ1) is 13.1. The van der Waals surface area contributed by atoms with E-state index in [1.807, 2.05) is 0 Å². The molecule has 0 aromatic heterocycles. The van der Waals surface area contributed by atoms with Gasteiger partial charge in [-0.3, -0.25) is 0 Å². The first-order valence-corrected chi connectivity index (χ1v) is 3.95. The Morgan fingerprint density at radius 1 is 1.80 bits per heavy atom. The third-order valence-corrected chi connectivity index (χ3v) is 1.78. The first-order chi connectivity index (χ1) is 4.26. The Hall–Kier alpha value is 0.469. The fourth-order valence-electron chi connectivity index (χ4n) is 0.426. The fraction of sp³-hybridized carbons (Fsp3) is 0.800. The summed E-state index contributed by atoms with van der Waals surface area (Å²) in [5, 5.41) is 3.52. The monoisotopic (exact) mass is 279 g/mol. The molecule has 0 spiro atoms. The Balaban J connectivity index is 0. The molecule has 62 valence electrons. The van der Waals surface area contributed by atoms with Crippen LogP contribution in [0.25, 0.3) is 0 Å². The molecule has 1 N–H and O–H groups in total. The maximum atomic E-state index is 10.7. The molecule has 0 aliphatic rings. The number of likely N-dealkylation sites (N-methyl/N-ethyl adjacent to an activating group) is 1. The quantitative estimate of drug-likeness (QED) is 0.486. The number of hydrogen-bond donors (Lipinski definition) is 1. The Morgan fingerprint density at radius 2 is 2.30 bits per heavy atom. The molecule has 0 amide bonds. The van der Waals surface area contributed by atoms with Crippen molar-refractivity contribution in [3.63, 3.8) is 0 Å². The molecule has 10 heavy (non-hydrogen) atoms. The number of nitrogens with one attached hydrogen (secondary N) is 1. The van der Waals surface area contributed by atoms with Gasteiger partial charge in [-0.1, -0.05) is 0 Å². The van der Waals surface area contributed by atoms with Crippen molar-refractivity contribution in [1.29, 1.82) is 0 Å². The number of ether oxygens (including phenoxy) is 1. The molecular weight excluding hydrogens is 264 g/mol. The average molecular weight is 277 g/mol. The molecule has 0 aromatic carbocycles. The van der Waals surface area contributed by atoms with Gasteiger partial charge in [0.25, 0.3) is 0 Å². The van der Waals surface area contributed by atoms with Gasteiger partial charge in [0.15, 0.2) is 0 Å². The molecular formula is C5H13NO2Se2. The van der Waals surface area contributed by atoms with Gasteiger partial charge in [-0.2, -0.15) is 0 Å². The van der Waals surface area contributed by atoms with Crippen LogP contribution in [0.5, 0.6) is 0 Å². The summed E-state index contributed by atoms with van der Waals surface area (Å²) in [5.74, 6) is -0.210. The van der Waals surface area contributed by atoms with Crippen LogP contribution < -0.4 is 5.32 Å². The zero-order chi connectivity index (χ0) is 7.28. The molecule has 5 heteroatoms. The minimum atomic E-state index is -0.210. The SMILES string of the molecule is CNC(C[SeH])C(=O)OC.[SeH2]. The molecule has 0 radical (unpaired) electrons. The number of hydrogen-bond acceptors (Lipinski definition) is 3. The summed E-state index contributed by atoms with van der Waals surface area (Å²) < 4.78 is 4.48. The number of rotatable bonds is 3. The van der Waals surface area contributed by atoms with Crippen molar-refractivity contribution in [2.75, 3.05) is 14.2 Å². The standard InChI is InChI=1S/C5H11NO2Se.H2Se/c1-6-4(3-9)5(7)8-2;/h4,6,9H,3H2,1-2H3;1H2. The van der Waals surface area contributed by atoms with E-state index in [0.717, 1.165) is 0 Å². The Bertz CT molecular complexity index is 95.6. The molecule has 0 heterocycles. The normalized spacial score (nSPS) is 11.5. The summed E-state index contributed by atoms with van der Waals surface area (Å²) in [7, 11) is 3.12. The van der Waals surface area contributed by atoms with Crippen LogP contribution in [-0.2, 0) is 9.53 Å². The van der Waals surface area contributed by atoms with E-state index in [-0.39, 0.29) is 29.1 Å². The molecule has 0 rings (SSSR count). The van der Waals surface area contributed by atoms with E-state index in [0.29, 0.717) is 5.32 Å². The van der Waals surface area contributed by atoms with E-state index in [9.17, 15) is 4.79 Å². The molecule has 1 unspecified atom stereocenters. The van der Waals surface area contributed by atoms with E-state index in [2.05, 4.69) is 26.1 Å². The summed E-state index contributed by atoms with van der Waals surface area (Å²) in [5.41, 5.74) is 0. The zero-order valence-electron chi connectivity index (χ0n) is 6.05. The van der Waals surface area contributed by atoms with Crippen molar-refractivity contribution in [2.24, 2.45) is 0 Å². The van der Waals surface area contributed by atoms with Crippen molar-refractivity contribution in [3.8, 4) is 0 Å². The van der Waals surface area contributed by atoms with Gasteiger partial charge in [0.2, 0.25) is 0 Å². The third kappa shape index (κ3) is 4.31. The molecule has 0 fully saturated rings. The second-order valence-corrected chi connectivity index (χ2v) is 2.31. The molecule has 0 aromatic rings. The van der Waals surface area contributed by atoms with Gasteiger partial charge in [0.1, 0.15) is 0 Å². The van der Waals surface area contributed by atoms with Crippen molar-refractivity contribution in [1.82, 2.24) is 5.32 Å². The summed E-state index contributed by atoms with van der Waals surface area (Å²) in [4.78, 5) is 10.7. The molecule has 0 aliphatic heterocycles. The third-order valence-electron chi connectivity index (χ3n) is 1.02. The van der Waals surface area contributed by atoms with Crippen molar-refractivity contribution in [2.45, 2.75) is 11.4 Å². The molecule has 0 saturated heterocycles. The summed E-state index contributed by atoms with van der Waals surface area (Å²) in [6.45, 7) is 0. The van der Waals surface area contributed by atoms with Crippen LogP contribution in [0.4, 0.5) is 0 Å². The van der Waals surface area contributed by atoms with Crippen LogP contribution in [0, 0.1) is 0 Å². The van der Waals surface area contributed by atoms with Crippen LogP contribution in [0.3, 0.4) is 0 Å². The van der Waals surface area contributed by atoms with E-state index in [1.54, 1.807) is 7.05 Å². The topological polar surface area (TPSA) is 38.3 Å². The molecule has 0 saturated carbocycles. The Labute approximate surface area is 79.6 Å². The second kappa shape index (κ2) is 7.57. The molecule has 0 bridgehead atoms. The van der Waals surface area contributed by atoms with Crippen molar-refractivity contribution < 1.29 is 9.53 Å². The number of esters is 1. The number of carbonyl (C=O) groups excluding carboxylic acids is 1. The minimum absolute atomic E-state index is 0. The first-order valence-electron chi connectivity index (χ1n) is 2.62. The zero-order valence-corrected chi connectivity index (χ0v) is 10.0. The Morgan fingerprint density at radius 3 is 2.40 bits per heavy atom.